The third-order valence-electron chi connectivity index (χ3n) is 2.03. The van der Waals surface area contributed by atoms with Crippen molar-refractivity contribution in [3.8, 4) is 0 Å². The summed E-state index contributed by atoms with van der Waals surface area (Å²) in [6.07, 6.45) is 4.17. The van der Waals surface area contributed by atoms with Gasteiger partial charge in [-0.25, -0.2) is 13.4 Å². The molecule has 0 saturated carbocycles. The van der Waals surface area contributed by atoms with Crippen LogP contribution in [0.1, 0.15) is 0 Å². The minimum absolute atomic E-state index is 0.106. The molecule has 2 rings (SSSR count). The Morgan fingerprint density at radius 3 is 2.61 bits per heavy atom. The van der Waals surface area contributed by atoms with Crippen LogP contribution < -0.4 is 4.72 Å². The number of nitrogens with zero attached hydrogens (tertiary/aromatic N) is 2. The largest absolute Gasteiger partial charge is 0.276 e. The van der Waals surface area contributed by atoms with Crippen LogP contribution in [0.2, 0.25) is 10.2 Å². The number of sulfonamides is 1. The molecule has 2 aromatic rings. The van der Waals surface area contributed by atoms with Gasteiger partial charge in [0.1, 0.15) is 10.0 Å². The van der Waals surface area contributed by atoms with Gasteiger partial charge in [-0.1, -0.05) is 23.2 Å². The second kappa shape index (κ2) is 5.09. The van der Waals surface area contributed by atoms with Gasteiger partial charge in [-0.2, -0.15) is 0 Å². The van der Waals surface area contributed by atoms with Crippen molar-refractivity contribution in [1.82, 2.24) is 9.97 Å². The molecule has 0 unspecified atom stereocenters. The zero-order chi connectivity index (χ0) is 13.2. The molecule has 0 aliphatic heterocycles. The first-order chi connectivity index (χ1) is 8.50. The predicted molar refractivity (Wildman–Crippen MR) is 69.3 cm³/mol. The van der Waals surface area contributed by atoms with Crippen LogP contribution in [-0.2, 0) is 10.0 Å². The van der Waals surface area contributed by atoms with E-state index in [-0.39, 0.29) is 20.8 Å². The number of halogens is 2. The summed E-state index contributed by atoms with van der Waals surface area (Å²) in [5.41, 5.74) is 0.180. The van der Waals surface area contributed by atoms with E-state index < -0.39 is 10.0 Å². The lowest BCUT2D eigenvalue weighted by atomic mass is 10.4. The molecule has 1 N–H and O–H groups in total. The van der Waals surface area contributed by atoms with Crippen molar-refractivity contribution in [2.75, 3.05) is 4.72 Å². The summed E-state index contributed by atoms with van der Waals surface area (Å²) in [5, 5.41) is 0.138. The van der Waals surface area contributed by atoms with Crippen molar-refractivity contribution in [3.63, 3.8) is 0 Å². The molecule has 0 radical (unpaired) electrons. The fraction of sp³-hybridized carbons (Fsp3) is 0. The van der Waals surface area contributed by atoms with Crippen LogP contribution in [0.5, 0.6) is 0 Å². The number of anilines is 1. The van der Waals surface area contributed by atoms with Crippen LogP contribution in [0.4, 0.5) is 5.69 Å². The van der Waals surface area contributed by atoms with Gasteiger partial charge in [0.25, 0.3) is 10.0 Å². The van der Waals surface area contributed by atoms with E-state index in [1.54, 1.807) is 0 Å². The summed E-state index contributed by atoms with van der Waals surface area (Å²) >= 11 is 11.6. The summed E-state index contributed by atoms with van der Waals surface area (Å²) in [7, 11) is -3.84. The van der Waals surface area contributed by atoms with E-state index in [0.29, 0.717) is 0 Å². The molecule has 0 fully saturated rings. The molecule has 0 aromatic carbocycles. The maximum absolute atomic E-state index is 12.1. The number of aromatic nitrogens is 2. The normalized spacial score (nSPS) is 11.2. The van der Waals surface area contributed by atoms with Crippen molar-refractivity contribution in [1.29, 1.82) is 0 Å². The van der Waals surface area contributed by atoms with Gasteiger partial charge in [0.15, 0.2) is 0 Å². The molecule has 0 aliphatic rings. The Bertz CT molecular complexity index is 676. The van der Waals surface area contributed by atoms with Crippen molar-refractivity contribution in [3.05, 3.63) is 47.0 Å². The lowest BCUT2D eigenvalue weighted by molar-refractivity contribution is 0.601. The van der Waals surface area contributed by atoms with Crippen molar-refractivity contribution >= 4 is 38.9 Å². The van der Waals surface area contributed by atoms with Crippen LogP contribution in [0, 0.1) is 0 Å². The molecule has 0 bridgehead atoms. The Hall–Kier alpha value is -1.37. The smallest absolute Gasteiger partial charge is 0.265 e. The second-order valence-electron chi connectivity index (χ2n) is 3.25. The number of pyridine rings is 2. The van der Waals surface area contributed by atoms with Crippen LogP contribution in [0.3, 0.4) is 0 Å². The second-order valence-corrected chi connectivity index (χ2v) is 5.67. The van der Waals surface area contributed by atoms with Crippen molar-refractivity contribution in [2.24, 2.45) is 0 Å². The highest BCUT2D eigenvalue weighted by molar-refractivity contribution is 7.92. The molecule has 2 aromatic heterocycles. The Morgan fingerprint density at radius 1 is 1.17 bits per heavy atom. The summed E-state index contributed by atoms with van der Waals surface area (Å²) in [5.74, 6) is 0. The maximum Gasteiger partial charge on any atom is 0.265 e. The summed E-state index contributed by atoms with van der Waals surface area (Å²) in [4.78, 5) is 7.37. The third-order valence-corrected chi connectivity index (χ3v) is 4.17. The molecule has 0 aliphatic carbocycles. The van der Waals surface area contributed by atoms with E-state index in [2.05, 4.69) is 14.7 Å². The van der Waals surface area contributed by atoms with Gasteiger partial charge in [0.2, 0.25) is 0 Å². The number of rotatable bonds is 3. The maximum atomic E-state index is 12.1. The first kappa shape index (κ1) is 13.1. The van der Waals surface area contributed by atoms with Crippen molar-refractivity contribution in [2.45, 2.75) is 4.90 Å². The lowest BCUT2D eigenvalue weighted by Crippen LogP contribution is -2.14. The fourth-order valence-corrected chi connectivity index (χ4v) is 2.95. The molecule has 0 atom stereocenters. The Kier molecular flexibility index (Phi) is 3.70. The van der Waals surface area contributed by atoms with Crippen LogP contribution >= 0.6 is 23.2 Å². The van der Waals surface area contributed by atoms with Crippen LogP contribution in [0.25, 0.3) is 0 Å². The number of nitrogens with one attached hydrogen (secondary N) is 1. The highest BCUT2D eigenvalue weighted by Crippen LogP contribution is 2.25. The Balaban J connectivity index is 2.40. The third kappa shape index (κ3) is 2.72. The summed E-state index contributed by atoms with van der Waals surface area (Å²) < 4.78 is 26.4. The minimum atomic E-state index is -3.84. The molecule has 8 heteroatoms. The van der Waals surface area contributed by atoms with E-state index in [4.69, 9.17) is 23.2 Å². The van der Waals surface area contributed by atoms with E-state index in [9.17, 15) is 8.42 Å². The molecule has 5 nitrogen and oxygen atoms in total. The fourth-order valence-electron chi connectivity index (χ4n) is 1.22. The van der Waals surface area contributed by atoms with E-state index in [1.165, 1.54) is 36.8 Å². The lowest BCUT2D eigenvalue weighted by Gasteiger charge is -2.09. The quantitative estimate of drug-likeness (QED) is 0.885. The van der Waals surface area contributed by atoms with E-state index in [1.807, 2.05) is 0 Å². The van der Waals surface area contributed by atoms with Gasteiger partial charge in [0, 0.05) is 12.4 Å². The van der Waals surface area contributed by atoms with Gasteiger partial charge >= 0.3 is 0 Å². The molecular formula is C10H7Cl2N3O2S. The molecule has 0 amide bonds. The topological polar surface area (TPSA) is 72.0 Å². The zero-order valence-electron chi connectivity index (χ0n) is 8.84. The van der Waals surface area contributed by atoms with Crippen molar-refractivity contribution < 1.29 is 8.42 Å². The van der Waals surface area contributed by atoms with Gasteiger partial charge < -0.3 is 0 Å². The number of hydrogen-bond acceptors (Lipinski definition) is 4. The molecule has 94 valence electrons. The molecule has 2 heterocycles. The van der Waals surface area contributed by atoms with Gasteiger partial charge in [-0.15, -0.1) is 0 Å². The summed E-state index contributed by atoms with van der Waals surface area (Å²) in [6.45, 7) is 0. The average Bonchev–Trinajstić information content (AvgIpc) is 2.32. The average molecular weight is 304 g/mol. The molecule has 18 heavy (non-hydrogen) atoms. The standard InChI is InChI=1S/C10H7Cl2N3O2S/c11-7-3-5-13-6-8(7)15-18(16,17)9-2-1-4-14-10(9)12/h1-6,15H. The van der Waals surface area contributed by atoms with Gasteiger partial charge in [-0.3, -0.25) is 9.71 Å². The Morgan fingerprint density at radius 2 is 1.94 bits per heavy atom. The van der Waals surface area contributed by atoms with Crippen LogP contribution in [-0.4, -0.2) is 18.4 Å². The molecule has 0 spiro atoms. The first-order valence-corrected chi connectivity index (χ1v) is 6.97. The van der Waals surface area contributed by atoms with Crippen LogP contribution in [0.15, 0.2) is 41.7 Å². The monoisotopic (exact) mass is 303 g/mol. The Labute approximate surface area is 114 Å². The zero-order valence-corrected chi connectivity index (χ0v) is 11.2. The number of hydrogen-bond donors (Lipinski definition) is 1. The first-order valence-electron chi connectivity index (χ1n) is 4.73. The predicted octanol–water partition coefficient (Wildman–Crippen LogP) is 2.58. The SMILES string of the molecule is O=S(=O)(Nc1cnccc1Cl)c1cccnc1Cl. The van der Waals surface area contributed by atoms with E-state index >= 15 is 0 Å². The minimum Gasteiger partial charge on any atom is -0.276 e. The molecular weight excluding hydrogens is 297 g/mol. The highest BCUT2D eigenvalue weighted by Gasteiger charge is 2.19. The molecule has 0 saturated heterocycles. The summed E-state index contributed by atoms with van der Waals surface area (Å²) in [6, 6.07) is 4.30. The highest BCUT2D eigenvalue weighted by atomic mass is 35.5. The van der Waals surface area contributed by atoms with E-state index in [0.717, 1.165) is 0 Å². The van der Waals surface area contributed by atoms with Gasteiger partial charge in [0.05, 0.1) is 16.9 Å². The van der Waals surface area contributed by atoms with Gasteiger partial charge in [-0.05, 0) is 18.2 Å².